The molecule has 4 aromatic rings. The van der Waals surface area contributed by atoms with E-state index in [1.54, 1.807) is 0 Å². The molecule has 2 heterocycles. The first-order valence-corrected chi connectivity index (χ1v) is 14.0. The van der Waals surface area contributed by atoms with Crippen molar-refractivity contribution in [2.75, 3.05) is 31.5 Å². The van der Waals surface area contributed by atoms with Crippen LogP contribution in [0.15, 0.2) is 72.8 Å². The Morgan fingerprint density at radius 1 is 0.581 bits per heavy atom. The molecule has 1 amide bonds. The lowest BCUT2D eigenvalue weighted by Gasteiger charge is -2.12. The number of hydrogen-bond donors (Lipinski definition) is 5. The lowest BCUT2D eigenvalue weighted by Crippen LogP contribution is -2.12. The van der Waals surface area contributed by atoms with E-state index < -0.39 is 29.2 Å². The van der Waals surface area contributed by atoms with Crippen molar-refractivity contribution in [1.82, 2.24) is 10.6 Å². The van der Waals surface area contributed by atoms with Crippen LogP contribution in [0.4, 0.5) is 23.2 Å². The quantitative estimate of drug-likeness (QED) is 0.130. The number of nitrogens with one attached hydrogen (secondary N) is 3. The third-order valence-electron chi connectivity index (χ3n) is 6.89. The Labute approximate surface area is 247 Å². The van der Waals surface area contributed by atoms with Crippen LogP contribution in [0.3, 0.4) is 0 Å². The van der Waals surface area contributed by atoms with E-state index in [0.717, 1.165) is 24.3 Å². The number of phenolic OH excluding ortho intramolecular Hbond substituents is 2. The minimum atomic E-state index is -1.10. The van der Waals surface area contributed by atoms with Gasteiger partial charge in [-0.15, -0.1) is 0 Å². The van der Waals surface area contributed by atoms with Crippen molar-refractivity contribution in [3.05, 3.63) is 102 Å². The van der Waals surface area contributed by atoms with Crippen LogP contribution < -0.4 is 16.0 Å². The van der Waals surface area contributed by atoms with Gasteiger partial charge in [0.1, 0.15) is 11.5 Å². The van der Waals surface area contributed by atoms with Crippen molar-refractivity contribution >= 4 is 11.6 Å². The number of hydrogen-bond acceptors (Lipinski definition) is 5. The fourth-order valence-corrected chi connectivity index (χ4v) is 4.53. The molecule has 2 saturated heterocycles. The first-order chi connectivity index (χ1) is 20.7. The van der Waals surface area contributed by atoms with Gasteiger partial charge in [-0.2, -0.15) is 0 Å². The van der Waals surface area contributed by atoms with Gasteiger partial charge in [0.25, 0.3) is 5.91 Å². The lowest BCUT2D eigenvalue weighted by molar-refractivity contribution is 0.102. The maximum atomic E-state index is 13.6. The van der Waals surface area contributed by atoms with Gasteiger partial charge in [-0.3, -0.25) is 4.79 Å². The molecule has 2 aliphatic heterocycles. The highest BCUT2D eigenvalue weighted by molar-refractivity contribution is 6.05. The van der Waals surface area contributed by atoms with Crippen molar-refractivity contribution < 1.29 is 32.6 Å². The normalized spacial score (nSPS) is 13.9. The molecular weight excluding hydrogens is 562 g/mol. The summed E-state index contributed by atoms with van der Waals surface area (Å²) in [6, 6.07) is 14.2. The zero-order chi connectivity index (χ0) is 30.8. The largest absolute Gasteiger partial charge is 0.507 e. The molecule has 6 rings (SSSR count). The van der Waals surface area contributed by atoms with Gasteiger partial charge in [0.05, 0.1) is 0 Å². The molecule has 4 aromatic carbocycles. The van der Waals surface area contributed by atoms with Gasteiger partial charge in [-0.05, 0) is 124 Å². The van der Waals surface area contributed by atoms with Crippen LogP contribution in [0.2, 0.25) is 0 Å². The summed E-state index contributed by atoms with van der Waals surface area (Å²) in [4.78, 5) is 12.8. The topological polar surface area (TPSA) is 93.6 Å². The Hall–Kier alpha value is -4.41. The van der Waals surface area contributed by atoms with Crippen molar-refractivity contribution in [2.45, 2.75) is 25.7 Å². The van der Waals surface area contributed by atoms with Crippen molar-refractivity contribution in [2.24, 2.45) is 0 Å². The lowest BCUT2D eigenvalue weighted by atomic mass is 10.0. The van der Waals surface area contributed by atoms with Crippen LogP contribution in [-0.4, -0.2) is 42.3 Å². The number of halogens is 4. The average Bonchev–Trinajstić information content (AvgIpc) is 3.78. The fourth-order valence-electron chi connectivity index (χ4n) is 4.53. The molecule has 0 spiro atoms. The van der Waals surface area contributed by atoms with E-state index in [1.807, 2.05) is 0 Å². The molecule has 0 atom stereocenters. The number of aromatic hydroxyl groups is 2. The fraction of sp³-hybridized carbons (Fsp3) is 0.242. The van der Waals surface area contributed by atoms with E-state index in [2.05, 4.69) is 16.0 Å². The van der Waals surface area contributed by atoms with Gasteiger partial charge < -0.3 is 26.2 Å². The molecule has 2 fully saturated rings. The summed E-state index contributed by atoms with van der Waals surface area (Å²) < 4.78 is 53.7. The second-order valence-electron chi connectivity index (χ2n) is 10.1. The average molecular weight is 596 g/mol. The molecule has 0 aliphatic carbocycles. The second kappa shape index (κ2) is 15.2. The van der Waals surface area contributed by atoms with Crippen LogP contribution in [0.5, 0.6) is 11.5 Å². The summed E-state index contributed by atoms with van der Waals surface area (Å²) in [6.07, 6.45) is 5.56. The maximum Gasteiger partial charge on any atom is 0.255 e. The predicted octanol–water partition coefficient (Wildman–Crippen LogP) is 6.98. The monoisotopic (exact) mass is 595 g/mol. The molecule has 0 saturated carbocycles. The van der Waals surface area contributed by atoms with Crippen LogP contribution >= 0.6 is 0 Å². The number of phenols is 2. The first-order valence-electron chi connectivity index (χ1n) is 14.0. The third-order valence-corrected chi connectivity index (χ3v) is 6.89. The van der Waals surface area contributed by atoms with Crippen LogP contribution in [0, 0.1) is 23.3 Å². The molecule has 10 heteroatoms. The summed E-state index contributed by atoms with van der Waals surface area (Å²) in [5.41, 5.74) is 1.02. The summed E-state index contributed by atoms with van der Waals surface area (Å²) in [6.45, 7) is 5.00. The number of benzene rings is 4. The molecule has 6 nitrogen and oxygen atoms in total. The minimum absolute atomic E-state index is 0.106. The number of carbonyl (C=O) groups is 1. The van der Waals surface area contributed by atoms with Crippen molar-refractivity contribution in [3.63, 3.8) is 0 Å². The molecule has 0 unspecified atom stereocenters. The van der Waals surface area contributed by atoms with Gasteiger partial charge in [-0.1, -0.05) is 12.1 Å². The zero-order valence-corrected chi connectivity index (χ0v) is 23.4. The number of carbonyl (C=O) groups excluding carboxylic acids is 1. The molecule has 0 radical (unpaired) electrons. The van der Waals surface area contributed by atoms with Crippen LogP contribution in [0.25, 0.3) is 22.3 Å². The molecule has 43 heavy (non-hydrogen) atoms. The SMILES string of the molecule is C1CCNC1.C1CCNC1.O=C(Nc1ccc(O)c(-c2ccc(F)c(F)c2)c1)c1ccc(O)c(-c2ccc(F)c(F)c2)c1. The Morgan fingerprint density at radius 3 is 1.49 bits per heavy atom. The Balaban J connectivity index is 0.000000355. The third kappa shape index (κ3) is 8.79. The van der Waals surface area contributed by atoms with Gasteiger partial charge in [0.15, 0.2) is 23.3 Å². The number of amides is 1. The smallest absolute Gasteiger partial charge is 0.255 e. The second-order valence-corrected chi connectivity index (χ2v) is 10.1. The predicted molar refractivity (Wildman–Crippen MR) is 159 cm³/mol. The standard InChI is InChI=1S/C25H15F4NO3.2C4H9N/c26-19-5-1-13(10-21(19)28)17-9-15(3-7-23(17)31)25(33)30-16-4-8-24(32)18(12-16)14-2-6-20(27)22(29)11-14;2*1-2-4-5-3-1/h1-12,31-32H,(H,30,33);2*5H,1-4H2. The van der Waals surface area contributed by atoms with Gasteiger partial charge in [-0.25, -0.2) is 17.6 Å². The van der Waals surface area contributed by atoms with E-state index >= 15 is 0 Å². The summed E-state index contributed by atoms with van der Waals surface area (Å²) in [5.74, 6) is -5.30. The molecular formula is C33H33F4N3O3. The molecule has 2 aliphatic rings. The van der Waals surface area contributed by atoms with Gasteiger partial charge >= 0.3 is 0 Å². The highest BCUT2D eigenvalue weighted by Gasteiger charge is 2.15. The minimum Gasteiger partial charge on any atom is -0.507 e. The Kier molecular flexibility index (Phi) is 11.1. The summed E-state index contributed by atoms with van der Waals surface area (Å²) >= 11 is 0. The molecule has 0 aromatic heterocycles. The Morgan fingerprint density at radius 2 is 1.05 bits per heavy atom. The number of anilines is 1. The highest BCUT2D eigenvalue weighted by Crippen LogP contribution is 2.34. The maximum absolute atomic E-state index is 13.6. The van der Waals surface area contributed by atoms with Crippen LogP contribution in [-0.2, 0) is 0 Å². The Bertz CT molecular complexity index is 1530. The molecule has 226 valence electrons. The van der Waals surface area contributed by atoms with E-state index in [1.165, 1.54) is 100 Å². The van der Waals surface area contributed by atoms with Crippen LogP contribution in [0.1, 0.15) is 36.0 Å². The highest BCUT2D eigenvalue weighted by atomic mass is 19.2. The van der Waals surface area contributed by atoms with E-state index in [0.29, 0.717) is 0 Å². The van der Waals surface area contributed by atoms with Gasteiger partial charge in [0, 0.05) is 22.4 Å². The summed E-state index contributed by atoms with van der Waals surface area (Å²) in [5, 5.41) is 29.3. The van der Waals surface area contributed by atoms with E-state index in [4.69, 9.17) is 0 Å². The van der Waals surface area contributed by atoms with Crippen molar-refractivity contribution in [3.8, 4) is 33.8 Å². The van der Waals surface area contributed by atoms with Crippen molar-refractivity contribution in [1.29, 1.82) is 0 Å². The first kappa shape index (κ1) is 31.5. The van der Waals surface area contributed by atoms with E-state index in [-0.39, 0.29) is 45.0 Å². The molecule has 5 N–H and O–H groups in total. The number of rotatable bonds is 4. The van der Waals surface area contributed by atoms with Gasteiger partial charge in [0.2, 0.25) is 0 Å². The van der Waals surface area contributed by atoms with E-state index in [9.17, 15) is 32.6 Å². The zero-order valence-electron chi connectivity index (χ0n) is 23.4. The summed E-state index contributed by atoms with van der Waals surface area (Å²) in [7, 11) is 0. The molecule has 0 bridgehead atoms.